The van der Waals surface area contributed by atoms with Crippen LogP contribution in [0.15, 0.2) is 18.2 Å². The second-order valence-electron chi connectivity index (χ2n) is 4.95. The zero-order valence-electron chi connectivity index (χ0n) is 9.29. The smallest absolute Gasteiger partial charge is 0.423 e. The lowest BCUT2D eigenvalue weighted by Crippen LogP contribution is -2.34. The van der Waals surface area contributed by atoms with Gasteiger partial charge in [0.25, 0.3) is 0 Å². The molecule has 0 saturated heterocycles. The van der Waals surface area contributed by atoms with E-state index < -0.39 is 12.9 Å². The molecule has 15 heavy (non-hydrogen) atoms. The maximum atomic E-state index is 12.9. The first-order valence-corrected chi connectivity index (χ1v) is 4.94. The molecule has 2 N–H and O–H groups in total. The Bertz CT molecular complexity index is 345. The predicted octanol–water partition coefficient (Wildman–Crippen LogP) is 1.09. The average molecular weight is 210 g/mol. The van der Waals surface area contributed by atoms with Crippen molar-refractivity contribution in [2.75, 3.05) is 0 Å². The Kier molecular flexibility index (Phi) is 3.52. The van der Waals surface area contributed by atoms with E-state index in [0.29, 0.717) is 6.42 Å². The highest BCUT2D eigenvalue weighted by atomic mass is 19.1. The molecule has 0 bridgehead atoms. The summed E-state index contributed by atoms with van der Waals surface area (Å²) in [7, 11) is -1.61. The van der Waals surface area contributed by atoms with Gasteiger partial charge in [-0.3, -0.25) is 0 Å². The highest BCUT2D eigenvalue weighted by Crippen LogP contribution is 2.19. The van der Waals surface area contributed by atoms with Crippen LogP contribution in [0.3, 0.4) is 0 Å². The Hall–Kier alpha value is -0.865. The van der Waals surface area contributed by atoms with Crippen LogP contribution in [-0.4, -0.2) is 17.2 Å². The van der Waals surface area contributed by atoms with E-state index in [1.54, 1.807) is 6.07 Å². The molecule has 0 heterocycles. The molecule has 0 saturated carbocycles. The van der Waals surface area contributed by atoms with E-state index in [1.165, 1.54) is 12.1 Å². The van der Waals surface area contributed by atoms with Crippen LogP contribution in [0.5, 0.6) is 0 Å². The number of hydrogen-bond donors (Lipinski definition) is 2. The summed E-state index contributed by atoms with van der Waals surface area (Å²) in [5.41, 5.74) is 1.06. The van der Waals surface area contributed by atoms with Gasteiger partial charge in [0.1, 0.15) is 5.82 Å². The predicted molar refractivity (Wildman–Crippen MR) is 59.4 cm³/mol. The highest BCUT2D eigenvalue weighted by Gasteiger charge is 2.20. The molecule has 1 aromatic rings. The summed E-state index contributed by atoms with van der Waals surface area (Å²) in [6.07, 6.45) is 0.681. The minimum Gasteiger partial charge on any atom is -0.423 e. The van der Waals surface area contributed by atoms with Crippen LogP contribution in [-0.2, 0) is 6.42 Å². The van der Waals surface area contributed by atoms with Crippen molar-refractivity contribution in [1.29, 1.82) is 0 Å². The third-order valence-corrected chi connectivity index (χ3v) is 2.11. The van der Waals surface area contributed by atoms with E-state index in [-0.39, 0.29) is 10.9 Å². The van der Waals surface area contributed by atoms with E-state index in [1.807, 2.05) is 20.8 Å². The largest absolute Gasteiger partial charge is 0.488 e. The lowest BCUT2D eigenvalue weighted by Gasteiger charge is -2.20. The fourth-order valence-electron chi connectivity index (χ4n) is 1.54. The molecule has 4 heteroatoms. The number of hydrogen-bond acceptors (Lipinski definition) is 2. The van der Waals surface area contributed by atoms with E-state index in [0.717, 1.165) is 5.56 Å². The van der Waals surface area contributed by atoms with Crippen molar-refractivity contribution in [2.24, 2.45) is 5.41 Å². The third-order valence-electron chi connectivity index (χ3n) is 2.11. The van der Waals surface area contributed by atoms with Crippen molar-refractivity contribution >= 4 is 12.6 Å². The Morgan fingerprint density at radius 2 is 1.87 bits per heavy atom. The zero-order valence-corrected chi connectivity index (χ0v) is 9.29. The van der Waals surface area contributed by atoms with Crippen LogP contribution in [0.2, 0.25) is 0 Å². The molecule has 1 aromatic carbocycles. The minimum absolute atomic E-state index is 0.0292. The molecule has 0 amide bonds. The average Bonchev–Trinajstić information content (AvgIpc) is 2.05. The summed E-state index contributed by atoms with van der Waals surface area (Å²) < 4.78 is 12.9. The van der Waals surface area contributed by atoms with Gasteiger partial charge in [-0.05, 0) is 35.0 Å². The Labute approximate surface area is 89.9 Å². The lowest BCUT2D eigenvalue weighted by molar-refractivity contribution is 0.407. The third kappa shape index (κ3) is 3.65. The van der Waals surface area contributed by atoms with Gasteiger partial charge >= 0.3 is 7.12 Å². The molecule has 0 atom stereocenters. The molecular weight excluding hydrogens is 194 g/mol. The zero-order chi connectivity index (χ0) is 11.6. The SMILES string of the molecule is CC(C)(C)Cc1ccc(F)cc1B(O)O. The summed E-state index contributed by atoms with van der Waals surface area (Å²) in [6, 6.07) is 4.12. The summed E-state index contributed by atoms with van der Waals surface area (Å²) in [5.74, 6) is -0.448. The second-order valence-corrected chi connectivity index (χ2v) is 4.95. The van der Waals surface area contributed by atoms with E-state index >= 15 is 0 Å². The van der Waals surface area contributed by atoms with Gasteiger partial charge in [-0.1, -0.05) is 26.8 Å². The molecule has 0 aromatic heterocycles. The maximum Gasteiger partial charge on any atom is 0.488 e. The van der Waals surface area contributed by atoms with E-state index in [2.05, 4.69) is 0 Å². The van der Waals surface area contributed by atoms with Crippen LogP contribution < -0.4 is 5.46 Å². The molecule has 0 aliphatic rings. The monoisotopic (exact) mass is 210 g/mol. The standard InChI is InChI=1S/C11H16BFO2/c1-11(2,3)7-8-4-5-9(13)6-10(8)12(14)15/h4-6,14-15H,7H2,1-3H3. The lowest BCUT2D eigenvalue weighted by atomic mass is 9.73. The van der Waals surface area contributed by atoms with Gasteiger partial charge in [0, 0.05) is 0 Å². The van der Waals surface area contributed by atoms with Gasteiger partial charge in [0.2, 0.25) is 0 Å². The van der Waals surface area contributed by atoms with Gasteiger partial charge in [-0.25, -0.2) is 4.39 Å². The minimum atomic E-state index is -1.61. The Balaban J connectivity index is 3.06. The summed E-state index contributed by atoms with van der Waals surface area (Å²) in [4.78, 5) is 0. The van der Waals surface area contributed by atoms with Gasteiger partial charge in [0.05, 0.1) is 0 Å². The van der Waals surface area contributed by atoms with Crippen molar-refractivity contribution < 1.29 is 14.4 Å². The molecule has 0 fully saturated rings. The van der Waals surface area contributed by atoms with Crippen molar-refractivity contribution in [3.05, 3.63) is 29.6 Å². The number of benzene rings is 1. The molecule has 0 spiro atoms. The molecule has 0 aliphatic carbocycles. The van der Waals surface area contributed by atoms with Gasteiger partial charge < -0.3 is 10.0 Å². The molecule has 1 rings (SSSR count). The molecule has 2 nitrogen and oxygen atoms in total. The molecular formula is C11H16BFO2. The molecule has 0 radical (unpaired) electrons. The molecule has 0 aliphatic heterocycles. The normalized spacial score (nSPS) is 11.6. The quantitative estimate of drug-likeness (QED) is 0.717. The van der Waals surface area contributed by atoms with Crippen LogP contribution in [0.25, 0.3) is 0 Å². The van der Waals surface area contributed by atoms with Crippen LogP contribution in [0.1, 0.15) is 26.3 Å². The van der Waals surface area contributed by atoms with E-state index in [4.69, 9.17) is 10.0 Å². The Morgan fingerprint density at radius 1 is 1.27 bits per heavy atom. The second kappa shape index (κ2) is 4.33. The summed E-state index contributed by atoms with van der Waals surface area (Å²) in [6.45, 7) is 6.14. The fourth-order valence-corrected chi connectivity index (χ4v) is 1.54. The van der Waals surface area contributed by atoms with Crippen LogP contribution in [0, 0.1) is 11.2 Å². The maximum absolute atomic E-state index is 12.9. The number of rotatable bonds is 2. The fraction of sp³-hybridized carbons (Fsp3) is 0.455. The van der Waals surface area contributed by atoms with Gasteiger partial charge in [-0.15, -0.1) is 0 Å². The Morgan fingerprint density at radius 3 is 2.33 bits per heavy atom. The first kappa shape index (κ1) is 12.2. The van der Waals surface area contributed by atoms with Crippen LogP contribution >= 0.6 is 0 Å². The summed E-state index contributed by atoms with van der Waals surface area (Å²) >= 11 is 0. The van der Waals surface area contributed by atoms with Crippen molar-refractivity contribution in [3.63, 3.8) is 0 Å². The first-order chi connectivity index (χ1) is 6.79. The molecule has 0 unspecified atom stereocenters. The van der Waals surface area contributed by atoms with Gasteiger partial charge in [-0.2, -0.15) is 0 Å². The first-order valence-electron chi connectivity index (χ1n) is 4.94. The highest BCUT2D eigenvalue weighted by molar-refractivity contribution is 6.59. The van der Waals surface area contributed by atoms with Crippen LogP contribution in [0.4, 0.5) is 4.39 Å². The van der Waals surface area contributed by atoms with E-state index in [9.17, 15) is 4.39 Å². The van der Waals surface area contributed by atoms with Crippen molar-refractivity contribution in [3.8, 4) is 0 Å². The number of halogens is 1. The van der Waals surface area contributed by atoms with Gasteiger partial charge in [0.15, 0.2) is 0 Å². The summed E-state index contributed by atoms with van der Waals surface area (Å²) in [5, 5.41) is 18.2. The van der Waals surface area contributed by atoms with Crippen molar-refractivity contribution in [1.82, 2.24) is 0 Å². The molecule has 82 valence electrons. The van der Waals surface area contributed by atoms with Crippen molar-refractivity contribution in [2.45, 2.75) is 27.2 Å². The topological polar surface area (TPSA) is 40.5 Å².